The van der Waals surface area contributed by atoms with Gasteiger partial charge in [-0.25, -0.2) is 8.42 Å². The molecule has 1 aliphatic rings. The number of aromatic nitrogens is 1. The fraction of sp³-hybridized carbons (Fsp3) is 0.478. The third-order valence-electron chi connectivity index (χ3n) is 5.58. The molecule has 1 aromatic heterocycles. The molecule has 1 amide bonds. The number of hydrogen-bond donors (Lipinski definition) is 0. The average Bonchev–Trinajstić information content (AvgIpc) is 3.14. The van der Waals surface area contributed by atoms with Gasteiger partial charge in [-0.3, -0.25) is 4.79 Å². The summed E-state index contributed by atoms with van der Waals surface area (Å²) in [7, 11) is -0.190. The third-order valence-corrected chi connectivity index (χ3v) is 7.61. The van der Waals surface area contributed by atoms with Crippen molar-refractivity contribution in [3.8, 4) is 0 Å². The first-order valence-electron chi connectivity index (χ1n) is 10.8. The lowest BCUT2D eigenvalue weighted by Gasteiger charge is -2.34. The van der Waals surface area contributed by atoms with E-state index in [1.54, 1.807) is 29.0 Å². The maximum Gasteiger partial charge on any atom is 0.248 e. The van der Waals surface area contributed by atoms with Crippen molar-refractivity contribution in [1.82, 2.24) is 14.4 Å². The van der Waals surface area contributed by atoms with E-state index in [2.05, 4.69) is 5.16 Å². The van der Waals surface area contributed by atoms with Crippen LogP contribution in [0.4, 0.5) is 5.69 Å². The lowest BCUT2D eigenvalue weighted by Crippen LogP contribution is -2.47. The smallest absolute Gasteiger partial charge is 0.248 e. The summed E-state index contributed by atoms with van der Waals surface area (Å²) in [6.45, 7) is 6.57. The van der Waals surface area contributed by atoms with Gasteiger partial charge in [0.05, 0.1) is 5.92 Å². The number of aryl methyl sites for hydroxylation is 2. The Kier molecular flexibility index (Phi) is 7.40. The zero-order valence-corrected chi connectivity index (χ0v) is 20.2. The summed E-state index contributed by atoms with van der Waals surface area (Å²) < 4.78 is 33.7. The molecule has 174 valence electrons. The molecule has 0 N–H and O–H groups in total. The molecule has 1 saturated heterocycles. The van der Waals surface area contributed by atoms with Gasteiger partial charge in [0, 0.05) is 51.7 Å². The summed E-state index contributed by atoms with van der Waals surface area (Å²) >= 11 is 0. The largest absolute Gasteiger partial charge is 0.383 e. The maximum absolute atomic E-state index is 13.5. The molecule has 0 bridgehead atoms. The van der Waals surface area contributed by atoms with Gasteiger partial charge in [-0.2, -0.15) is 4.31 Å². The van der Waals surface area contributed by atoms with E-state index >= 15 is 0 Å². The Morgan fingerprint density at radius 2 is 2.06 bits per heavy atom. The van der Waals surface area contributed by atoms with Gasteiger partial charge in [-0.15, -0.1) is 0 Å². The van der Waals surface area contributed by atoms with E-state index in [-0.39, 0.29) is 23.1 Å². The summed E-state index contributed by atoms with van der Waals surface area (Å²) in [5, 5.41) is 3.87. The summed E-state index contributed by atoms with van der Waals surface area (Å²) in [4.78, 5) is 17.0. The number of amides is 1. The van der Waals surface area contributed by atoms with Gasteiger partial charge in [0.1, 0.15) is 5.69 Å². The highest BCUT2D eigenvalue weighted by Gasteiger charge is 2.38. The molecule has 0 radical (unpaired) electrons. The van der Waals surface area contributed by atoms with Gasteiger partial charge in [0.2, 0.25) is 15.9 Å². The minimum Gasteiger partial charge on any atom is -0.383 e. The van der Waals surface area contributed by atoms with Gasteiger partial charge in [0.25, 0.3) is 0 Å². The molecule has 0 saturated carbocycles. The van der Waals surface area contributed by atoms with Gasteiger partial charge in [-0.05, 0) is 51.3 Å². The second kappa shape index (κ2) is 9.87. The second-order valence-corrected chi connectivity index (χ2v) is 10.2. The molecule has 2 heterocycles. The Balaban J connectivity index is 1.85. The second-order valence-electron chi connectivity index (χ2n) is 8.36. The fourth-order valence-corrected chi connectivity index (χ4v) is 5.76. The van der Waals surface area contributed by atoms with E-state index in [4.69, 9.17) is 4.52 Å². The predicted octanol–water partition coefficient (Wildman–Crippen LogP) is 3.28. The number of sulfonamides is 1. The molecule has 0 aliphatic carbocycles. The normalized spacial score (nSPS) is 17.6. The Morgan fingerprint density at radius 1 is 1.31 bits per heavy atom. The van der Waals surface area contributed by atoms with Crippen LogP contribution in [-0.4, -0.2) is 62.4 Å². The highest BCUT2D eigenvalue weighted by molar-refractivity contribution is 7.89. The van der Waals surface area contributed by atoms with Crippen LogP contribution < -0.4 is 4.90 Å². The van der Waals surface area contributed by atoms with Crippen LogP contribution in [0.1, 0.15) is 36.8 Å². The molecule has 8 nitrogen and oxygen atoms in total. The van der Waals surface area contributed by atoms with Crippen LogP contribution in [0.3, 0.4) is 0 Å². The van der Waals surface area contributed by atoms with Crippen LogP contribution in [0.5, 0.6) is 0 Å². The number of benzene rings is 1. The molecule has 2 aromatic rings. The zero-order valence-electron chi connectivity index (χ0n) is 19.4. The number of carbonyl (C=O) groups is 1. The Labute approximate surface area is 190 Å². The standard InChI is InChI=1S/C23H32N4O4S/c1-6-27(20-11-7-9-17(2)15-20)23(28)19-10-8-13-26(16-19)32(29,30)22-18(3)24-31-21(22)12-14-25(4)5/h7,9,11-12,14-15,19H,6,8,10,13,16H2,1-5H3/b14-12+. The Morgan fingerprint density at radius 3 is 2.72 bits per heavy atom. The van der Waals surface area contributed by atoms with Crippen LogP contribution >= 0.6 is 0 Å². The lowest BCUT2D eigenvalue weighted by atomic mass is 9.97. The molecule has 1 unspecified atom stereocenters. The SMILES string of the molecule is CCN(C(=O)C1CCCN(S(=O)(=O)c2c(C)noc2/C=C/N(C)C)C1)c1cccc(C)c1. The summed E-state index contributed by atoms with van der Waals surface area (Å²) in [5.74, 6) is -0.257. The van der Waals surface area contributed by atoms with Crippen molar-refractivity contribution in [3.63, 3.8) is 0 Å². The molecule has 1 aliphatic heterocycles. The lowest BCUT2D eigenvalue weighted by molar-refractivity contribution is -0.123. The molecule has 32 heavy (non-hydrogen) atoms. The first-order valence-corrected chi connectivity index (χ1v) is 12.3. The number of anilines is 1. The van der Waals surface area contributed by atoms with Gasteiger partial charge in [0.15, 0.2) is 10.7 Å². The van der Waals surface area contributed by atoms with E-state index < -0.39 is 15.9 Å². The number of carbonyl (C=O) groups excluding carboxylic acids is 1. The van der Waals surface area contributed by atoms with Crippen molar-refractivity contribution in [2.75, 3.05) is 38.6 Å². The summed E-state index contributed by atoms with van der Waals surface area (Å²) in [5.41, 5.74) is 2.22. The quantitative estimate of drug-likeness (QED) is 0.630. The third kappa shape index (κ3) is 5.05. The van der Waals surface area contributed by atoms with Crippen LogP contribution in [-0.2, 0) is 14.8 Å². The van der Waals surface area contributed by atoms with E-state index in [9.17, 15) is 13.2 Å². The van der Waals surface area contributed by atoms with Crippen molar-refractivity contribution in [2.24, 2.45) is 5.92 Å². The highest BCUT2D eigenvalue weighted by Crippen LogP contribution is 2.30. The number of rotatable bonds is 7. The highest BCUT2D eigenvalue weighted by atomic mass is 32.2. The molecule has 1 fully saturated rings. The minimum absolute atomic E-state index is 0.0484. The zero-order chi connectivity index (χ0) is 23.5. The minimum atomic E-state index is -3.86. The first kappa shape index (κ1) is 24.0. The van der Waals surface area contributed by atoms with Crippen LogP contribution in [0, 0.1) is 19.8 Å². The predicted molar refractivity (Wildman–Crippen MR) is 125 cm³/mol. The van der Waals surface area contributed by atoms with Gasteiger partial charge < -0.3 is 14.3 Å². The molecule has 1 atom stereocenters. The van der Waals surface area contributed by atoms with E-state index in [1.807, 2.05) is 52.2 Å². The van der Waals surface area contributed by atoms with Gasteiger partial charge >= 0.3 is 0 Å². The first-order chi connectivity index (χ1) is 15.1. The van der Waals surface area contributed by atoms with E-state index in [0.29, 0.717) is 31.6 Å². The molecule has 0 spiro atoms. The van der Waals surface area contributed by atoms with Crippen LogP contribution in [0.25, 0.3) is 6.08 Å². The van der Waals surface area contributed by atoms with Crippen LogP contribution in [0.2, 0.25) is 0 Å². The van der Waals surface area contributed by atoms with E-state index in [1.165, 1.54) is 4.31 Å². The Bertz CT molecular complexity index is 1090. The molecule has 3 rings (SSSR count). The average molecular weight is 461 g/mol. The number of nitrogens with zero attached hydrogens (tertiary/aromatic N) is 4. The van der Waals surface area contributed by atoms with Crippen molar-refractivity contribution in [1.29, 1.82) is 0 Å². The number of piperidine rings is 1. The van der Waals surface area contributed by atoms with Crippen molar-refractivity contribution >= 4 is 27.7 Å². The summed E-state index contributed by atoms with van der Waals surface area (Å²) in [6.07, 6.45) is 4.58. The molecule has 1 aromatic carbocycles. The fourth-order valence-electron chi connectivity index (χ4n) is 3.99. The maximum atomic E-state index is 13.5. The molecular formula is C23H32N4O4S. The van der Waals surface area contributed by atoms with E-state index in [0.717, 1.165) is 11.3 Å². The number of hydrogen-bond acceptors (Lipinski definition) is 6. The van der Waals surface area contributed by atoms with Crippen molar-refractivity contribution in [2.45, 2.75) is 38.5 Å². The van der Waals surface area contributed by atoms with Crippen molar-refractivity contribution in [3.05, 3.63) is 47.5 Å². The molecular weight excluding hydrogens is 428 g/mol. The monoisotopic (exact) mass is 460 g/mol. The summed E-state index contributed by atoms with van der Waals surface area (Å²) in [6, 6.07) is 7.80. The van der Waals surface area contributed by atoms with Crippen molar-refractivity contribution < 1.29 is 17.7 Å². The van der Waals surface area contributed by atoms with Crippen LogP contribution in [0.15, 0.2) is 39.9 Å². The molecule has 9 heteroatoms. The topological polar surface area (TPSA) is 87.0 Å². The Hall–Kier alpha value is -2.65. The van der Waals surface area contributed by atoms with Gasteiger partial charge in [-0.1, -0.05) is 17.3 Å².